The third kappa shape index (κ3) is 1.52. The summed E-state index contributed by atoms with van der Waals surface area (Å²) >= 11 is 5.63. The number of nitrogens with zero attached hydrogens (tertiary/aromatic N) is 2. The molecule has 6 heteroatoms. The molecule has 0 saturated heterocycles. The average Bonchev–Trinajstić information content (AvgIpc) is 2.24. The van der Waals surface area contributed by atoms with E-state index in [1.54, 1.807) is 18.2 Å². The minimum Gasteiger partial charge on any atom is -0.255 e. The van der Waals surface area contributed by atoms with Crippen molar-refractivity contribution in [1.82, 2.24) is 4.31 Å². The molecule has 0 unspecified atom stereocenters. The van der Waals surface area contributed by atoms with Gasteiger partial charge in [-0.25, -0.2) is 13.4 Å². The molecule has 2 rings (SSSR count). The van der Waals surface area contributed by atoms with E-state index in [1.165, 1.54) is 13.1 Å². The Balaban J connectivity index is 2.73. The first kappa shape index (κ1) is 10.4. The number of para-hydroxylation sites is 1. The maximum atomic E-state index is 12.0. The molecule has 4 nitrogen and oxygen atoms in total. The van der Waals surface area contributed by atoms with Crippen molar-refractivity contribution < 1.29 is 8.42 Å². The van der Waals surface area contributed by atoms with Gasteiger partial charge in [0.15, 0.2) is 0 Å². The summed E-state index contributed by atoms with van der Waals surface area (Å²) in [6, 6.07) is 6.61. The molecule has 15 heavy (non-hydrogen) atoms. The molecule has 0 bridgehead atoms. The number of hydrogen-bond donors (Lipinski definition) is 0. The molecule has 1 aromatic carbocycles. The molecule has 0 saturated carbocycles. The maximum Gasteiger partial charge on any atom is 0.267 e. The molecule has 80 valence electrons. The molecule has 1 aliphatic heterocycles. The van der Waals surface area contributed by atoms with Gasteiger partial charge < -0.3 is 0 Å². The van der Waals surface area contributed by atoms with Gasteiger partial charge in [0.2, 0.25) is 0 Å². The third-order valence-corrected chi connectivity index (χ3v) is 4.31. The highest BCUT2D eigenvalue weighted by molar-refractivity contribution is 7.90. The van der Waals surface area contributed by atoms with Crippen LogP contribution in [-0.4, -0.2) is 31.5 Å². The van der Waals surface area contributed by atoms with E-state index in [2.05, 4.69) is 4.99 Å². The highest BCUT2D eigenvalue weighted by atomic mass is 35.5. The van der Waals surface area contributed by atoms with Crippen LogP contribution in [0.1, 0.15) is 0 Å². The molecule has 0 aromatic heterocycles. The fourth-order valence-electron chi connectivity index (χ4n) is 1.38. The summed E-state index contributed by atoms with van der Waals surface area (Å²) in [7, 11) is -2.01. The van der Waals surface area contributed by atoms with Crippen LogP contribution in [0, 0.1) is 0 Å². The van der Waals surface area contributed by atoms with Crippen LogP contribution in [-0.2, 0) is 10.0 Å². The average molecular weight is 245 g/mol. The number of fused-ring (bicyclic) bond motifs is 1. The lowest BCUT2D eigenvalue weighted by Crippen LogP contribution is -2.36. The molecular formula is C9H9ClN2O2S. The summed E-state index contributed by atoms with van der Waals surface area (Å²) < 4.78 is 25.0. The van der Waals surface area contributed by atoms with Gasteiger partial charge in [-0.3, -0.25) is 4.31 Å². The number of hydrogen-bond acceptors (Lipinski definition) is 3. The summed E-state index contributed by atoms with van der Waals surface area (Å²) in [5.74, 6) is 0.416. The zero-order valence-corrected chi connectivity index (χ0v) is 9.59. The fourth-order valence-corrected chi connectivity index (χ4v) is 2.99. The second-order valence-electron chi connectivity index (χ2n) is 3.10. The predicted octanol–water partition coefficient (Wildman–Crippen LogP) is 1.59. The van der Waals surface area contributed by atoms with Crippen LogP contribution < -0.4 is 0 Å². The van der Waals surface area contributed by atoms with Gasteiger partial charge in [-0.2, -0.15) is 0 Å². The van der Waals surface area contributed by atoms with Crippen LogP contribution >= 0.6 is 11.6 Å². The van der Waals surface area contributed by atoms with E-state index < -0.39 is 10.0 Å². The minimum absolute atomic E-state index is 0.0735. The monoisotopic (exact) mass is 244 g/mol. The van der Waals surface area contributed by atoms with Crippen LogP contribution in [0.15, 0.2) is 34.2 Å². The highest BCUT2D eigenvalue weighted by Crippen LogP contribution is 2.31. The van der Waals surface area contributed by atoms with E-state index in [0.29, 0.717) is 11.5 Å². The topological polar surface area (TPSA) is 49.7 Å². The van der Waals surface area contributed by atoms with Crippen LogP contribution in [0.25, 0.3) is 0 Å². The lowest BCUT2D eigenvalue weighted by atomic mass is 10.3. The molecule has 0 fully saturated rings. The normalized spacial score (nSPS) is 18.3. The summed E-state index contributed by atoms with van der Waals surface area (Å²) in [4.78, 5) is 4.40. The Morgan fingerprint density at radius 3 is 2.73 bits per heavy atom. The molecular weight excluding hydrogens is 236 g/mol. The van der Waals surface area contributed by atoms with Gasteiger partial charge in [0, 0.05) is 7.05 Å². The predicted molar refractivity (Wildman–Crippen MR) is 59.2 cm³/mol. The largest absolute Gasteiger partial charge is 0.267 e. The van der Waals surface area contributed by atoms with E-state index in [0.717, 1.165) is 4.31 Å². The van der Waals surface area contributed by atoms with Gasteiger partial charge in [-0.15, -0.1) is 11.6 Å². The Bertz CT molecular complexity index is 525. The first-order valence-electron chi connectivity index (χ1n) is 4.29. The van der Waals surface area contributed by atoms with Crippen molar-refractivity contribution in [2.45, 2.75) is 4.90 Å². The molecule has 1 aliphatic rings. The maximum absolute atomic E-state index is 12.0. The molecule has 0 radical (unpaired) electrons. The number of rotatable bonds is 1. The first-order valence-corrected chi connectivity index (χ1v) is 6.26. The van der Waals surface area contributed by atoms with Crippen LogP contribution in [0.4, 0.5) is 5.69 Å². The van der Waals surface area contributed by atoms with Crippen molar-refractivity contribution in [3.05, 3.63) is 24.3 Å². The molecule has 1 aromatic rings. The second-order valence-corrected chi connectivity index (χ2v) is 5.31. The standard InChI is InChI=1S/C9H9ClN2O2S/c1-12-9(6-10)11-7-4-2-3-5-8(7)15(12,13)14/h2-5H,6H2,1H3. The molecule has 0 N–H and O–H groups in total. The minimum atomic E-state index is -3.46. The summed E-state index contributed by atoms with van der Waals surface area (Å²) in [6.45, 7) is 0. The van der Waals surface area contributed by atoms with Gasteiger partial charge in [0.25, 0.3) is 10.0 Å². The number of alkyl halides is 1. The fraction of sp³-hybridized carbons (Fsp3) is 0.222. The van der Waals surface area contributed by atoms with E-state index in [9.17, 15) is 8.42 Å². The Morgan fingerprint density at radius 1 is 1.40 bits per heavy atom. The Hall–Kier alpha value is -1.07. The van der Waals surface area contributed by atoms with Crippen molar-refractivity contribution >= 4 is 33.1 Å². The van der Waals surface area contributed by atoms with Gasteiger partial charge in [0.05, 0.1) is 11.6 Å². The van der Waals surface area contributed by atoms with E-state index >= 15 is 0 Å². The van der Waals surface area contributed by atoms with Gasteiger partial charge >= 0.3 is 0 Å². The van der Waals surface area contributed by atoms with Crippen molar-refractivity contribution in [2.75, 3.05) is 12.9 Å². The lowest BCUT2D eigenvalue weighted by molar-refractivity contribution is 0.549. The number of halogens is 1. The van der Waals surface area contributed by atoms with Gasteiger partial charge in [-0.1, -0.05) is 12.1 Å². The molecule has 0 aliphatic carbocycles. The van der Waals surface area contributed by atoms with E-state index in [4.69, 9.17) is 11.6 Å². The zero-order chi connectivity index (χ0) is 11.1. The van der Waals surface area contributed by atoms with Gasteiger partial charge in [-0.05, 0) is 12.1 Å². The van der Waals surface area contributed by atoms with Gasteiger partial charge in [0.1, 0.15) is 10.7 Å². The number of sulfonamides is 1. The van der Waals surface area contributed by atoms with E-state index in [1.807, 2.05) is 0 Å². The van der Waals surface area contributed by atoms with Crippen molar-refractivity contribution in [3.8, 4) is 0 Å². The van der Waals surface area contributed by atoms with Crippen LogP contribution in [0.5, 0.6) is 0 Å². The van der Waals surface area contributed by atoms with Crippen molar-refractivity contribution in [3.63, 3.8) is 0 Å². The van der Waals surface area contributed by atoms with Crippen molar-refractivity contribution in [2.24, 2.45) is 4.99 Å². The quantitative estimate of drug-likeness (QED) is 0.705. The van der Waals surface area contributed by atoms with Crippen LogP contribution in [0.2, 0.25) is 0 Å². The number of amidine groups is 1. The SMILES string of the molecule is CN1C(CCl)=Nc2ccccc2S1(=O)=O. The Morgan fingerprint density at radius 2 is 2.07 bits per heavy atom. The molecule has 1 heterocycles. The summed E-state index contributed by atoms with van der Waals surface area (Å²) in [5.41, 5.74) is 0.450. The lowest BCUT2D eigenvalue weighted by Gasteiger charge is -2.24. The zero-order valence-electron chi connectivity index (χ0n) is 8.01. The first-order chi connectivity index (χ1) is 7.07. The smallest absolute Gasteiger partial charge is 0.255 e. The number of aliphatic imine (C=N–C) groups is 1. The third-order valence-electron chi connectivity index (χ3n) is 2.24. The van der Waals surface area contributed by atoms with Crippen molar-refractivity contribution in [1.29, 1.82) is 0 Å². The van der Waals surface area contributed by atoms with Crippen LogP contribution in [0.3, 0.4) is 0 Å². The molecule has 0 atom stereocenters. The molecule has 0 spiro atoms. The highest BCUT2D eigenvalue weighted by Gasteiger charge is 2.30. The Kier molecular flexibility index (Phi) is 2.44. The number of benzene rings is 1. The Labute approximate surface area is 93.2 Å². The second kappa shape index (κ2) is 3.50. The van der Waals surface area contributed by atoms with E-state index in [-0.39, 0.29) is 10.8 Å². The summed E-state index contributed by atoms with van der Waals surface area (Å²) in [5, 5.41) is 0. The summed E-state index contributed by atoms with van der Waals surface area (Å²) in [6.07, 6.45) is 0. The molecule has 0 amide bonds.